The van der Waals surface area contributed by atoms with Gasteiger partial charge in [-0.3, -0.25) is 0 Å². The second kappa shape index (κ2) is 6.32. The molecule has 96 valence electrons. The summed E-state index contributed by atoms with van der Waals surface area (Å²) in [6.07, 6.45) is 0. The Morgan fingerprint density at radius 2 is 1.65 bits per heavy atom. The highest BCUT2D eigenvalue weighted by atomic mass is 16.5. The van der Waals surface area contributed by atoms with Gasteiger partial charge in [-0.25, -0.2) is 0 Å². The summed E-state index contributed by atoms with van der Waals surface area (Å²) < 4.78 is 15.8. The monoisotopic (exact) mass is 241 g/mol. The van der Waals surface area contributed by atoms with Crippen LogP contribution in [0.1, 0.15) is 11.6 Å². The first kappa shape index (κ1) is 13.6. The zero-order valence-corrected chi connectivity index (χ0v) is 10.6. The van der Waals surface area contributed by atoms with Gasteiger partial charge < -0.3 is 24.6 Å². The fraction of sp³-hybridized carbons (Fsp3) is 0.500. The molecule has 0 aromatic heterocycles. The number of ether oxygens (including phenoxy) is 3. The van der Waals surface area contributed by atoms with Gasteiger partial charge in [0.25, 0.3) is 0 Å². The molecule has 0 aliphatic rings. The van der Waals surface area contributed by atoms with E-state index < -0.39 is 0 Å². The van der Waals surface area contributed by atoms with Gasteiger partial charge in [-0.2, -0.15) is 0 Å². The largest absolute Gasteiger partial charge is 0.496 e. The summed E-state index contributed by atoms with van der Waals surface area (Å²) in [6, 6.07) is 3.28. The lowest BCUT2D eigenvalue weighted by Gasteiger charge is -2.21. The molecule has 0 bridgehead atoms. The van der Waals surface area contributed by atoms with E-state index in [4.69, 9.17) is 14.2 Å². The Kier molecular flexibility index (Phi) is 5.06. The number of aliphatic hydroxyl groups is 1. The summed E-state index contributed by atoms with van der Waals surface area (Å²) in [5.41, 5.74) is 0.779. The molecule has 1 aromatic rings. The fourth-order valence-corrected chi connectivity index (χ4v) is 1.70. The topological polar surface area (TPSA) is 60.0 Å². The van der Waals surface area contributed by atoms with Crippen LogP contribution in [0.25, 0.3) is 0 Å². The van der Waals surface area contributed by atoms with Crippen LogP contribution in [-0.4, -0.2) is 40.1 Å². The smallest absolute Gasteiger partial charge is 0.131 e. The Hall–Kier alpha value is -1.46. The van der Waals surface area contributed by atoms with Crippen molar-refractivity contribution in [2.45, 2.75) is 6.04 Å². The molecule has 0 amide bonds. The Labute approximate surface area is 101 Å². The molecule has 1 rings (SSSR count). The van der Waals surface area contributed by atoms with Crippen molar-refractivity contribution in [1.29, 1.82) is 0 Å². The second-order valence-corrected chi connectivity index (χ2v) is 3.47. The first-order valence-electron chi connectivity index (χ1n) is 5.29. The SMILES string of the molecule is CNC(CO)c1c(OC)cc(OC)cc1OC. The Morgan fingerprint density at radius 3 is 1.94 bits per heavy atom. The van der Waals surface area contributed by atoms with Gasteiger partial charge in [-0.15, -0.1) is 0 Å². The molecule has 1 unspecified atom stereocenters. The number of likely N-dealkylation sites (N-methyl/N-ethyl adjacent to an activating group) is 1. The highest BCUT2D eigenvalue weighted by Crippen LogP contribution is 2.37. The lowest BCUT2D eigenvalue weighted by atomic mass is 10.0. The average molecular weight is 241 g/mol. The minimum absolute atomic E-state index is 0.0461. The van der Waals surface area contributed by atoms with E-state index in [1.165, 1.54) is 0 Å². The molecule has 2 N–H and O–H groups in total. The summed E-state index contributed by atoms with van der Waals surface area (Å²) in [4.78, 5) is 0. The van der Waals surface area contributed by atoms with Crippen LogP contribution >= 0.6 is 0 Å². The number of rotatable bonds is 6. The quantitative estimate of drug-likeness (QED) is 0.777. The van der Waals surface area contributed by atoms with Crippen LogP contribution in [0.5, 0.6) is 17.2 Å². The fourth-order valence-electron chi connectivity index (χ4n) is 1.70. The van der Waals surface area contributed by atoms with Gasteiger partial charge in [0, 0.05) is 12.1 Å². The second-order valence-electron chi connectivity index (χ2n) is 3.47. The molecule has 0 aliphatic heterocycles. The molecule has 1 aromatic carbocycles. The Morgan fingerprint density at radius 1 is 1.12 bits per heavy atom. The van der Waals surface area contributed by atoms with Crippen molar-refractivity contribution in [1.82, 2.24) is 5.32 Å². The molecular formula is C12H19NO4. The number of hydrogen-bond donors (Lipinski definition) is 2. The predicted molar refractivity (Wildman–Crippen MR) is 65.0 cm³/mol. The average Bonchev–Trinajstić information content (AvgIpc) is 2.39. The van der Waals surface area contributed by atoms with Gasteiger partial charge in [-0.05, 0) is 7.05 Å². The van der Waals surface area contributed by atoms with Gasteiger partial charge in [-0.1, -0.05) is 0 Å². The van der Waals surface area contributed by atoms with Crippen molar-refractivity contribution in [2.75, 3.05) is 35.0 Å². The van der Waals surface area contributed by atoms with Gasteiger partial charge in [0.05, 0.1) is 39.5 Å². The van der Waals surface area contributed by atoms with Gasteiger partial charge in [0.1, 0.15) is 17.2 Å². The molecule has 0 aliphatic carbocycles. The van der Waals surface area contributed by atoms with Gasteiger partial charge >= 0.3 is 0 Å². The van der Waals surface area contributed by atoms with Crippen LogP contribution in [0.2, 0.25) is 0 Å². The summed E-state index contributed by atoms with van der Waals surface area (Å²) in [7, 11) is 6.49. The number of aliphatic hydroxyl groups excluding tert-OH is 1. The first-order valence-corrected chi connectivity index (χ1v) is 5.29. The maximum atomic E-state index is 9.34. The third-order valence-electron chi connectivity index (χ3n) is 2.63. The zero-order chi connectivity index (χ0) is 12.8. The molecule has 0 fully saturated rings. The molecule has 5 heteroatoms. The summed E-state index contributed by atoms with van der Waals surface area (Å²) in [6.45, 7) is -0.0461. The molecule has 0 spiro atoms. The molecule has 0 saturated heterocycles. The third-order valence-corrected chi connectivity index (χ3v) is 2.63. The van der Waals surface area contributed by atoms with Crippen molar-refractivity contribution >= 4 is 0 Å². The van der Waals surface area contributed by atoms with Crippen LogP contribution < -0.4 is 19.5 Å². The molecule has 0 heterocycles. The van der Waals surface area contributed by atoms with E-state index in [0.29, 0.717) is 17.2 Å². The van der Waals surface area contributed by atoms with Crippen LogP contribution in [-0.2, 0) is 0 Å². The summed E-state index contributed by atoms with van der Waals surface area (Å²) >= 11 is 0. The van der Waals surface area contributed by atoms with Crippen molar-refractivity contribution in [3.05, 3.63) is 17.7 Å². The maximum Gasteiger partial charge on any atom is 0.131 e. The van der Waals surface area contributed by atoms with Crippen LogP contribution in [0.4, 0.5) is 0 Å². The van der Waals surface area contributed by atoms with Crippen molar-refractivity contribution < 1.29 is 19.3 Å². The van der Waals surface area contributed by atoms with E-state index >= 15 is 0 Å². The third kappa shape index (κ3) is 2.81. The lowest BCUT2D eigenvalue weighted by Crippen LogP contribution is -2.21. The highest BCUT2D eigenvalue weighted by molar-refractivity contribution is 5.52. The van der Waals surface area contributed by atoms with Gasteiger partial charge in [0.15, 0.2) is 0 Å². The molecule has 5 nitrogen and oxygen atoms in total. The minimum Gasteiger partial charge on any atom is -0.496 e. The summed E-state index contributed by atoms with van der Waals surface area (Å²) in [5, 5.41) is 12.3. The van der Waals surface area contributed by atoms with Crippen LogP contribution in [0.3, 0.4) is 0 Å². The number of nitrogens with one attached hydrogen (secondary N) is 1. The normalized spacial score (nSPS) is 12.1. The summed E-state index contributed by atoms with van der Waals surface area (Å²) in [5.74, 6) is 1.89. The molecule has 0 saturated carbocycles. The number of hydrogen-bond acceptors (Lipinski definition) is 5. The Balaban J connectivity index is 3.33. The number of benzene rings is 1. The van der Waals surface area contributed by atoms with Crippen molar-refractivity contribution in [3.8, 4) is 17.2 Å². The highest BCUT2D eigenvalue weighted by Gasteiger charge is 2.20. The molecular weight excluding hydrogens is 222 g/mol. The van der Waals surface area contributed by atoms with Crippen molar-refractivity contribution in [3.63, 3.8) is 0 Å². The van der Waals surface area contributed by atoms with Crippen LogP contribution in [0, 0.1) is 0 Å². The zero-order valence-electron chi connectivity index (χ0n) is 10.6. The van der Waals surface area contributed by atoms with E-state index in [1.807, 2.05) is 0 Å². The standard InChI is InChI=1S/C12H19NO4/c1-13-9(7-14)12-10(16-3)5-8(15-2)6-11(12)17-4/h5-6,9,13-14H,7H2,1-4H3. The predicted octanol–water partition coefficient (Wildman–Crippen LogP) is 0.965. The first-order chi connectivity index (χ1) is 8.21. The van der Waals surface area contributed by atoms with E-state index in [-0.39, 0.29) is 12.6 Å². The van der Waals surface area contributed by atoms with E-state index in [2.05, 4.69) is 5.32 Å². The van der Waals surface area contributed by atoms with E-state index in [9.17, 15) is 5.11 Å². The molecule has 17 heavy (non-hydrogen) atoms. The van der Waals surface area contributed by atoms with Crippen molar-refractivity contribution in [2.24, 2.45) is 0 Å². The molecule has 1 atom stereocenters. The van der Waals surface area contributed by atoms with Gasteiger partial charge in [0.2, 0.25) is 0 Å². The molecule has 0 radical (unpaired) electrons. The van der Waals surface area contributed by atoms with E-state index in [0.717, 1.165) is 5.56 Å². The van der Waals surface area contributed by atoms with Crippen LogP contribution in [0.15, 0.2) is 12.1 Å². The maximum absolute atomic E-state index is 9.34. The minimum atomic E-state index is -0.245. The lowest BCUT2D eigenvalue weighted by molar-refractivity contribution is 0.243. The Bertz CT molecular complexity index is 339. The van der Waals surface area contributed by atoms with E-state index in [1.54, 1.807) is 40.5 Å². The number of methoxy groups -OCH3 is 3.